The number of halogens is 6. The Balaban J connectivity index is 1.23. The number of hydrogen-bond acceptors (Lipinski definition) is 8. The van der Waals surface area contributed by atoms with Gasteiger partial charge in [-0.25, -0.2) is 8.42 Å². The Labute approximate surface area is 301 Å². The molecule has 2 aromatic heterocycles. The van der Waals surface area contributed by atoms with Gasteiger partial charge in [0.05, 0.1) is 35.7 Å². The second-order valence-corrected chi connectivity index (χ2v) is 15.6. The van der Waals surface area contributed by atoms with Crippen LogP contribution in [0.1, 0.15) is 64.1 Å². The Morgan fingerprint density at radius 2 is 1.74 bits per heavy atom. The molecule has 6 rings (SSSR count). The fraction of sp³-hybridized carbons (Fsp3) is 0.529. The lowest BCUT2D eigenvalue weighted by Crippen LogP contribution is -2.47. The summed E-state index contributed by atoms with van der Waals surface area (Å²) in [4.78, 5) is 32.2. The highest BCUT2D eigenvalue weighted by molar-refractivity contribution is 7.88. The van der Waals surface area contributed by atoms with Gasteiger partial charge in [-0.2, -0.15) is 35.7 Å². The smallest absolute Gasteiger partial charge is 0.390 e. The van der Waals surface area contributed by atoms with Crippen molar-refractivity contribution in [3.05, 3.63) is 70.2 Å². The number of rotatable bonds is 10. The van der Waals surface area contributed by atoms with E-state index in [0.717, 1.165) is 44.2 Å². The number of sulfonamides is 1. The Morgan fingerprint density at radius 1 is 1.00 bits per heavy atom. The maximum atomic E-state index is 14.1. The molecule has 0 radical (unpaired) electrons. The van der Waals surface area contributed by atoms with Crippen molar-refractivity contribution in [2.75, 3.05) is 39.0 Å². The Morgan fingerprint density at radius 3 is 2.34 bits per heavy atom. The molecule has 1 unspecified atom stereocenters. The van der Waals surface area contributed by atoms with Crippen molar-refractivity contribution in [2.24, 2.45) is 0 Å². The van der Waals surface area contributed by atoms with E-state index in [1.807, 2.05) is 4.90 Å². The molecule has 3 aliphatic rings. The highest BCUT2D eigenvalue weighted by Gasteiger charge is 2.36. The van der Waals surface area contributed by atoms with E-state index in [1.54, 1.807) is 4.68 Å². The zero-order valence-electron chi connectivity index (χ0n) is 28.8. The summed E-state index contributed by atoms with van der Waals surface area (Å²) < 4.78 is 109. The molecular weight excluding hydrogens is 732 g/mol. The SMILES string of the molecule is CS(=O)(=O)N1CCc2c(c(-c3ccc(C(F)(F)F)c(CNC(=O)c4ccc(C(F)(F)F)nc4)c3)nn2CC(O)CN2CCC(N3CCCC3=O)CC2)C1. The third kappa shape index (κ3) is 8.84. The molecule has 0 spiro atoms. The van der Waals surface area contributed by atoms with Crippen LogP contribution < -0.4 is 5.32 Å². The molecule has 0 bridgehead atoms. The van der Waals surface area contributed by atoms with Crippen molar-refractivity contribution >= 4 is 21.8 Å². The number of fused-ring (bicyclic) bond motifs is 1. The molecule has 1 aromatic carbocycles. The Bertz CT molecular complexity index is 1940. The monoisotopic (exact) mass is 771 g/mol. The van der Waals surface area contributed by atoms with E-state index in [4.69, 9.17) is 5.10 Å². The highest BCUT2D eigenvalue weighted by atomic mass is 32.2. The number of carbonyl (C=O) groups is 2. The van der Waals surface area contributed by atoms with Gasteiger partial charge in [0.1, 0.15) is 5.69 Å². The molecule has 53 heavy (non-hydrogen) atoms. The number of aromatic nitrogens is 3. The van der Waals surface area contributed by atoms with Crippen molar-refractivity contribution in [2.45, 2.75) is 76.2 Å². The molecular formula is C34H39F6N7O5S. The lowest BCUT2D eigenvalue weighted by atomic mass is 9.97. The quantitative estimate of drug-likeness (QED) is 0.298. The van der Waals surface area contributed by atoms with Crippen molar-refractivity contribution in [1.29, 1.82) is 0 Å². The summed E-state index contributed by atoms with van der Waals surface area (Å²) in [7, 11) is -3.65. The molecule has 2 N–H and O–H groups in total. The summed E-state index contributed by atoms with van der Waals surface area (Å²) in [5, 5.41) is 18.2. The summed E-state index contributed by atoms with van der Waals surface area (Å²) >= 11 is 0. The van der Waals surface area contributed by atoms with Gasteiger partial charge in [0.2, 0.25) is 15.9 Å². The Kier molecular flexibility index (Phi) is 10.9. The number of carbonyl (C=O) groups excluding carboxylic acids is 2. The summed E-state index contributed by atoms with van der Waals surface area (Å²) in [5.41, 5.74) is -1.43. The number of nitrogens with zero attached hydrogens (tertiary/aromatic N) is 6. The minimum atomic E-state index is -4.83. The minimum absolute atomic E-state index is 0.0382. The first-order valence-corrected chi connectivity index (χ1v) is 19.0. The van der Waals surface area contributed by atoms with Crippen molar-refractivity contribution in [1.82, 2.24) is 34.2 Å². The van der Waals surface area contributed by atoms with E-state index in [1.165, 1.54) is 16.4 Å². The van der Waals surface area contributed by atoms with Gasteiger partial charge in [-0.1, -0.05) is 6.07 Å². The third-order valence-corrected chi connectivity index (χ3v) is 11.2. The summed E-state index contributed by atoms with van der Waals surface area (Å²) in [5.74, 6) is -0.768. The number of benzene rings is 1. The van der Waals surface area contributed by atoms with Crippen LogP contribution in [-0.4, -0.2) is 105 Å². The first kappa shape index (κ1) is 38.6. The lowest BCUT2D eigenvalue weighted by molar-refractivity contribution is -0.141. The van der Waals surface area contributed by atoms with Gasteiger partial charge in [-0.15, -0.1) is 0 Å². The van der Waals surface area contributed by atoms with Gasteiger partial charge in [0.15, 0.2) is 0 Å². The van der Waals surface area contributed by atoms with E-state index in [-0.39, 0.29) is 60.4 Å². The van der Waals surface area contributed by atoms with Crippen molar-refractivity contribution in [3.63, 3.8) is 0 Å². The summed E-state index contributed by atoms with van der Waals surface area (Å²) in [6.07, 6.45) is -5.47. The minimum Gasteiger partial charge on any atom is -0.390 e. The van der Waals surface area contributed by atoms with Gasteiger partial charge in [0.25, 0.3) is 5.91 Å². The molecule has 0 saturated carbocycles. The molecule has 3 aliphatic heterocycles. The fourth-order valence-corrected chi connectivity index (χ4v) is 8.08. The third-order valence-electron chi connectivity index (χ3n) is 9.97. The van der Waals surface area contributed by atoms with E-state index >= 15 is 0 Å². The number of nitrogens with one attached hydrogen (secondary N) is 1. The number of aliphatic hydroxyl groups is 1. The molecule has 2 amide bonds. The molecule has 12 nitrogen and oxygen atoms in total. The van der Waals surface area contributed by atoms with Crippen LogP contribution >= 0.6 is 0 Å². The van der Waals surface area contributed by atoms with Crippen LogP contribution in [-0.2, 0) is 53.2 Å². The topological polar surface area (TPSA) is 141 Å². The van der Waals surface area contributed by atoms with Gasteiger partial charge in [-0.05, 0) is 49.1 Å². The predicted octanol–water partition coefficient (Wildman–Crippen LogP) is 3.68. The normalized spacial score (nSPS) is 18.7. The molecule has 19 heteroatoms. The van der Waals surface area contributed by atoms with Crippen LogP contribution in [0.2, 0.25) is 0 Å². The zero-order valence-corrected chi connectivity index (χ0v) is 29.6. The van der Waals surface area contributed by atoms with Crippen molar-refractivity contribution in [3.8, 4) is 11.3 Å². The largest absolute Gasteiger partial charge is 0.433 e. The van der Waals surface area contributed by atoms with Gasteiger partial charge in [0, 0.05) is 87.7 Å². The molecule has 5 heterocycles. The molecule has 1 atom stereocenters. The van der Waals surface area contributed by atoms with Crippen molar-refractivity contribution < 1.29 is 49.5 Å². The predicted molar refractivity (Wildman–Crippen MR) is 178 cm³/mol. The van der Waals surface area contributed by atoms with Crippen LogP contribution in [0.4, 0.5) is 26.3 Å². The second kappa shape index (κ2) is 15.0. The van der Waals surface area contributed by atoms with Gasteiger partial charge < -0.3 is 20.2 Å². The first-order valence-electron chi connectivity index (χ1n) is 17.1. The summed E-state index contributed by atoms with van der Waals surface area (Å²) in [6.45, 7) is 1.90. The van der Waals surface area contributed by atoms with Gasteiger partial charge >= 0.3 is 12.4 Å². The van der Waals surface area contributed by atoms with Crippen LogP contribution in [0.15, 0.2) is 36.5 Å². The van der Waals surface area contributed by atoms with E-state index in [2.05, 4.69) is 15.2 Å². The lowest BCUT2D eigenvalue weighted by Gasteiger charge is -2.37. The number of alkyl halides is 6. The van der Waals surface area contributed by atoms with Crippen LogP contribution in [0.25, 0.3) is 11.3 Å². The molecule has 3 aromatic rings. The number of hydrogen-bond donors (Lipinski definition) is 2. The van der Waals surface area contributed by atoms with Crippen LogP contribution in [0.3, 0.4) is 0 Å². The maximum Gasteiger partial charge on any atom is 0.433 e. The second-order valence-electron chi connectivity index (χ2n) is 13.7. The van der Waals surface area contributed by atoms with Crippen LogP contribution in [0, 0.1) is 0 Å². The van der Waals surface area contributed by atoms with Gasteiger partial charge in [-0.3, -0.25) is 19.3 Å². The van der Waals surface area contributed by atoms with E-state index in [0.29, 0.717) is 49.6 Å². The van der Waals surface area contributed by atoms with E-state index < -0.39 is 52.2 Å². The number of β-amino-alcohol motifs (C(OH)–C–C–N with tert-alkyl or cyclic N) is 1. The number of likely N-dealkylation sites (tertiary alicyclic amines) is 2. The average Bonchev–Trinajstić information content (AvgIpc) is 3.69. The highest BCUT2D eigenvalue weighted by Crippen LogP contribution is 2.37. The number of piperidine rings is 1. The van der Waals surface area contributed by atoms with Crippen LogP contribution in [0.5, 0.6) is 0 Å². The molecule has 288 valence electrons. The fourth-order valence-electron chi connectivity index (χ4n) is 7.29. The Hall–Kier alpha value is -4.07. The number of aliphatic hydroxyl groups excluding tert-OH is 1. The maximum absolute atomic E-state index is 14.1. The standard InChI is InChI=1S/C34H39F6N7O5S/c1-53(51,52)45-14-10-28-26(20-45)31(43-47(28)19-25(48)18-44-12-8-24(9-13-44)46-11-2-3-30(46)49)21-4-6-27(33(35,36)37)23(15-21)17-42-32(50)22-5-7-29(41-16-22)34(38,39)40/h4-7,15-16,24-25,48H,2-3,8-14,17-20H2,1H3,(H,42,50). The molecule has 2 fully saturated rings. The number of amides is 2. The molecule has 0 aliphatic carbocycles. The zero-order chi connectivity index (χ0) is 38.3. The average molecular weight is 772 g/mol. The summed E-state index contributed by atoms with van der Waals surface area (Å²) in [6, 6.07) is 4.85. The molecule has 2 saturated heterocycles. The first-order chi connectivity index (χ1) is 24.9. The van der Waals surface area contributed by atoms with E-state index in [9.17, 15) is 49.5 Å². The number of pyridine rings is 1.